The molecule has 0 fully saturated rings. The highest BCUT2D eigenvalue weighted by atomic mass is 35.5. The molecule has 29 heavy (non-hydrogen) atoms. The number of allylic oxidation sites excluding steroid dienone is 1. The molecule has 0 N–H and O–H groups in total. The summed E-state index contributed by atoms with van der Waals surface area (Å²) in [5, 5.41) is 9.46. The number of carbonyl (C=O) groups excluding carboxylic acids is 1. The van der Waals surface area contributed by atoms with Crippen molar-refractivity contribution < 1.29 is 14.3 Å². The maximum atomic E-state index is 12.3. The van der Waals surface area contributed by atoms with Gasteiger partial charge in [0.05, 0.1) is 18.7 Å². The van der Waals surface area contributed by atoms with E-state index in [-0.39, 0.29) is 5.78 Å². The van der Waals surface area contributed by atoms with Gasteiger partial charge in [-0.05, 0) is 72.3 Å². The zero-order valence-corrected chi connectivity index (χ0v) is 16.5. The van der Waals surface area contributed by atoms with Crippen molar-refractivity contribution >= 4 is 23.5 Å². The Hall–Kier alpha value is -3.55. The van der Waals surface area contributed by atoms with Gasteiger partial charge in [-0.15, -0.1) is 0 Å². The first-order valence-electron chi connectivity index (χ1n) is 8.87. The van der Waals surface area contributed by atoms with Gasteiger partial charge in [-0.25, -0.2) is 0 Å². The van der Waals surface area contributed by atoms with E-state index < -0.39 is 0 Å². The van der Waals surface area contributed by atoms with Crippen LogP contribution in [-0.4, -0.2) is 12.9 Å². The fourth-order valence-electron chi connectivity index (χ4n) is 2.68. The van der Waals surface area contributed by atoms with Gasteiger partial charge in [0.1, 0.15) is 18.1 Å². The smallest absolute Gasteiger partial charge is 0.185 e. The van der Waals surface area contributed by atoms with Crippen LogP contribution >= 0.6 is 11.6 Å². The van der Waals surface area contributed by atoms with E-state index in [1.807, 2.05) is 18.2 Å². The second kappa shape index (κ2) is 9.59. The molecule has 0 amide bonds. The average Bonchev–Trinajstić information content (AvgIpc) is 2.77. The maximum Gasteiger partial charge on any atom is 0.185 e. The van der Waals surface area contributed by atoms with Crippen molar-refractivity contribution in [1.82, 2.24) is 0 Å². The molecule has 0 heterocycles. The predicted octanol–water partition coefficient (Wildman–Crippen LogP) is 5.70. The summed E-state index contributed by atoms with van der Waals surface area (Å²) < 4.78 is 11.2. The van der Waals surface area contributed by atoms with Crippen LogP contribution in [0.1, 0.15) is 27.0 Å². The molecule has 0 atom stereocenters. The summed E-state index contributed by atoms with van der Waals surface area (Å²) in [6.07, 6.45) is 3.28. The van der Waals surface area contributed by atoms with Crippen LogP contribution < -0.4 is 9.47 Å². The standard InChI is InChI=1S/C24H18ClNO3/c1-28-24-13-5-17(4-12-23(27)19-6-8-21(25)9-7-19)14-20(24)16-29-22-10-2-18(15-26)3-11-22/h2-14H,16H2,1H3/b12-4+. The molecule has 0 bridgehead atoms. The van der Waals surface area contributed by atoms with Gasteiger partial charge in [-0.1, -0.05) is 23.7 Å². The van der Waals surface area contributed by atoms with E-state index in [1.165, 1.54) is 6.08 Å². The molecule has 0 aliphatic heterocycles. The number of nitriles is 1. The molecule has 4 nitrogen and oxygen atoms in total. The molecule has 0 radical (unpaired) electrons. The monoisotopic (exact) mass is 403 g/mol. The van der Waals surface area contributed by atoms with Gasteiger partial charge in [0.15, 0.2) is 5.78 Å². The fraction of sp³-hybridized carbons (Fsp3) is 0.0833. The number of benzene rings is 3. The van der Waals surface area contributed by atoms with E-state index in [0.29, 0.717) is 34.3 Å². The number of halogens is 1. The van der Waals surface area contributed by atoms with Crippen molar-refractivity contribution in [3.63, 3.8) is 0 Å². The first kappa shape index (κ1) is 20.2. The minimum Gasteiger partial charge on any atom is -0.496 e. The van der Waals surface area contributed by atoms with Crippen molar-refractivity contribution in [3.8, 4) is 17.6 Å². The number of carbonyl (C=O) groups is 1. The highest BCUT2D eigenvalue weighted by Crippen LogP contribution is 2.23. The molecule has 3 aromatic rings. The lowest BCUT2D eigenvalue weighted by molar-refractivity contribution is 0.104. The second-order valence-corrected chi connectivity index (χ2v) is 6.64. The zero-order valence-electron chi connectivity index (χ0n) is 15.8. The van der Waals surface area contributed by atoms with Crippen LogP contribution in [0.5, 0.6) is 11.5 Å². The van der Waals surface area contributed by atoms with Crippen molar-refractivity contribution in [2.24, 2.45) is 0 Å². The Labute approximate surface area is 174 Å². The Kier molecular flexibility index (Phi) is 6.67. The molecular weight excluding hydrogens is 386 g/mol. The van der Waals surface area contributed by atoms with Gasteiger partial charge in [0.25, 0.3) is 0 Å². The summed E-state index contributed by atoms with van der Waals surface area (Å²) in [5.74, 6) is 1.25. The molecule has 0 saturated heterocycles. The number of hydrogen-bond acceptors (Lipinski definition) is 4. The number of rotatable bonds is 7. The first-order valence-corrected chi connectivity index (χ1v) is 9.24. The molecule has 3 aromatic carbocycles. The van der Waals surface area contributed by atoms with Crippen LogP contribution in [0.25, 0.3) is 6.08 Å². The SMILES string of the molecule is COc1ccc(/C=C/C(=O)c2ccc(Cl)cc2)cc1COc1ccc(C#N)cc1. The van der Waals surface area contributed by atoms with E-state index in [9.17, 15) is 4.79 Å². The van der Waals surface area contributed by atoms with Gasteiger partial charge in [-0.2, -0.15) is 5.26 Å². The summed E-state index contributed by atoms with van der Waals surface area (Å²) >= 11 is 5.86. The number of ether oxygens (including phenoxy) is 2. The Morgan fingerprint density at radius 2 is 1.79 bits per heavy atom. The molecule has 3 rings (SSSR count). The molecule has 0 spiro atoms. The van der Waals surface area contributed by atoms with Gasteiger partial charge in [-0.3, -0.25) is 4.79 Å². The van der Waals surface area contributed by atoms with E-state index in [4.69, 9.17) is 26.3 Å². The Morgan fingerprint density at radius 1 is 1.07 bits per heavy atom. The number of methoxy groups -OCH3 is 1. The highest BCUT2D eigenvalue weighted by molar-refractivity contribution is 6.30. The number of hydrogen-bond donors (Lipinski definition) is 0. The molecule has 0 unspecified atom stereocenters. The average molecular weight is 404 g/mol. The van der Waals surface area contributed by atoms with Crippen LogP contribution in [0.4, 0.5) is 0 Å². The van der Waals surface area contributed by atoms with Gasteiger partial charge in [0.2, 0.25) is 0 Å². The quantitative estimate of drug-likeness (QED) is 0.375. The second-order valence-electron chi connectivity index (χ2n) is 6.20. The maximum absolute atomic E-state index is 12.3. The summed E-state index contributed by atoms with van der Waals surface area (Å²) in [4.78, 5) is 12.3. The lowest BCUT2D eigenvalue weighted by Crippen LogP contribution is -1.99. The third-order valence-electron chi connectivity index (χ3n) is 4.24. The Bertz CT molecular complexity index is 1060. The summed E-state index contributed by atoms with van der Waals surface area (Å²) in [6.45, 7) is 0.294. The number of ketones is 1. The van der Waals surface area contributed by atoms with Crippen molar-refractivity contribution in [1.29, 1.82) is 5.26 Å². The zero-order chi connectivity index (χ0) is 20.6. The third-order valence-corrected chi connectivity index (χ3v) is 4.49. The molecule has 0 aliphatic carbocycles. The molecule has 0 aromatic heterocycles. The predicted molar refractivity (Wildman–Crippen MR) is 113 cm³/mol. The van der Waals surface area contributed by atoms with Crippen LogP contribution in [-0.2, 0) is 6.61 Å². The highest BCUT2D eigenvalue weighted by Gasteiger charge is 2.06. The number of nitrogens with zero attached hydrogens (tertiary/aromatic N) is 1. The van der Waals surface area contributed by atoms with E-state index in [1.54, 1.807) is 61.7 Å². The Balaban J connectivity index is 1.72. The van der Waals surface area contributed by atoms with Gasteiger partial charge in [0, 0.05) is 16.1 Å². The lowest BCUT2D eigenvalue weighted by Gasteiger charge is -2.11. The molecule has 144 valence electrons. The largest absolute Gasteiger partial charge is 0.496 e. The summed E-state index contributed by atoms with van der Waals surface area (Å²) in [5.41, 5.74) is 2.85. The minimum absolute atomic E-state index is 0.104. The van der Waals surface area contributed by atoms with Crippen LogP contribution in [0, 0.1) is 11.3 Å². The molecular formula is C24H18ClNO3. The topological polar surface area (TPSA) is 59.3 Å². The van der Waals surface area contributed by atoms with Crippen molar-refractivity contribution in [3.05, 3.63) is 100 Å². The summed E-state index contributed by atoms with van der Waals surface area (Å²) in [6, 6.07) is 21.4. The fourth-order valence-corrected chi connectivity index (χ4v) is 2.81. The molecule has 5 heteroatoms. The van der Waals surface area contributed by atoms with Gasteiger partial charge >= 0.3 is 0 Å². The van der Waals surface area contributed by atoms with Crippen LogP contribution in [0.3, 0.4) is 0 Å². The Morgan fingerprint density at radius 3 is 2.45 bits per heavy atom. The normalized spacial score (nSPS) is 10.5. The third kappa shape index (κ3) is 5.47. The minimum atomic E-state index is -0.104. The molecule has 0 saturated carbocycles. The van der Waals surface area contributed by atoms with Crippen LogP contribution in [0.2, 0.25) is 5.02 Å². The van der Waals surface area contributed by atoms with Crippen molar-refractivity contribution in [2.75, 3.05) is 7.11 Å². The van der Waals surface area contributed by atoms with E-state index in [2.05, 4.69) is 6.07 Å². The summed E-state index contributed by atoms with van der Waals surface area (Å²) in [7, 11) is 1.60. The van der Waals surface area contributed by atoms with Crippen molar-refractivity contribution in [2.45, 2.75) is 6.61 Å². The van der Waals surface area contributed by atoms with E-state index >= 15 is 0 Å². The molecule has 0 aliphatic rings. The lowest BCUT2D eigenvalue weighted by atomic mass is 10.1. The first-order chi connectivity index (χ1) is 14.1. The van der Waals surface area contributed by atoms with E-state index in [0.717, 1.165) is 11.1 Å². The van der Waals surface area contributed by atoms with Gasteiger partial charge < -0.3 is 9.47 Å². The van der Waals surface area contributed by atoms with Crippen LogP contribution in [0.15, 0.2) is 72.8 Å².